The largest absolute Gasteiger partial charge is 0.297 e. The molecule has 0 spiro atoms. The van der Waals surface area contributed by atoms with Gasteiger partial charge in [0, 0.05) is 17.3 Å². The molecule has 2 aliphatic rings. The van der Waals surface area contributed by atoms with Gasteiger partial charge in [-0.2, -0.15) is 0 Å². The highest BCUT2D eigenvalue weighted by molar-refractivity contribution is 8.23. The smallest absolute Gasteiger partial charge is 0.236 e. The number of halogens is 1. The standard InChI is InChI=1S/C22H23ClN2O2S2/c1-2-6-18-19(21(26)24-13-14-29-22(24)28)20(15-7-4-3-5-8-15)25(27-18)17-11-9-16(23)10-12-17/h3-5,7-12,18-20H,2,6,13-14H2,1H3/t18-,19-,20-/m0/s1. The van der Waals surface area contributed by atoms with Gasteiger partial charge in [0.1, 0.15) is 4.32 Å². The predicted molar refractivity (Wildman–Crippen MR) is 123 cm³/mol. The van der Waals surface area contributed by atoms with E-state index in [4.69, 9.17) is 28.7 Å². The molecule has 7 heteroatoms. The molecule has 3 atom stereocenters. The fourth-order valence-electron chi connectivity index (χ4n) is 4.01. The number of hydrogen-bond acceptors (Lipinski definition) is 5. The van der Waals surface area contributed by atoms with Crippen LogP contribution in [0.5, 0.6) is 0 Å². The number of benzene rings is 2. The summed E-state index contributed by atoms with van der Waals surface area (Å²) in [5.74, 6) is 0.585. The van der Waals surface area contributed by atoms with Crippen molar-refractivity contribution in [2.24, 2.45) is 5.92 Å². The van der Waals surface area contributed by atoms with Gasteiger partial charge in [-0.1, -0.05) is 79.3 Å². The van der Waals surface area contributed by atoms with Crippen LogP contribution in [0.25, 0.3) is 0 Å². The molecule has 0 saturated carbocycles. The molecular weight excluding hydrogens is 424 g/mol. The van der Waals surface area contributed by atoms with Crippen molar-refractivity contribution in [3.63, 3.8) is 0 Å². The van der Waals surface area contributed by atoms with E-state index in [1.54, 1.807) is 16.7 Å². The first-order valence-electron chi connectivity index (χ1n) is 9.84. The Bertz CT molecular complexity index is 878. The summed E-state index contributed by atoms with van der Waals surface area (Å²) in [6, 6.07) is 17.4. The van der Waals surface area contributed by atoms with Crippen LogP contribution in [0.15, 0.2) is 54.6 Å². The molecule has 2 aliphatic heterocycles. The Morgan fingerprint density at radius 2 is 1.93 bits per heavy atom. The molecule has 2 saturated heterocycles. The number of nitrogens with zero attached hydrogens (tertiary/aromatic N) is 2. The average Bonchev–Trinajstić information content (AvgIpc) is 3.33. The van der Waals surface area contributed by atoms with E-state index in [1.807, 2.05) is 47.5 Å². The molecule has 2 heterocycles. The molecule has 0 unspecified atom stereocenters. The number of carbonyl (C=O) groups is 1. The molecule has 29 heavy (non-hydrogen) atoms. The molecule has 0 bridgehead atoms. The number of thioether (sulfide) groups is 1. The van der Waals surface area contributed by atoms with Crippen LogP contribution in [0.2, 0.25) is 5.02 Å². The van der Waals surface area contributed by atoms with E-state index < -0.39 is 0 Å². The fourth-order valence-corrected chi connectivity index (χ4v) is 5.36. The van der Waals surface area contributed by atoms with Crippen molar-refractivity contribution in [1.29, 1.82) is 0 Å². The number of hydrogen-bond donors (Lipinski definition) is 0. The number of thiocarbonyl (C=S) groups is 1. The van der Waals surface area contributed by atoms with E-state index in [2.05, 4.69) is 19.1 Å². The SMILES string of the molecule is CCC[C@@H]1ON(c2ccc(Cl)cc2)[C@@H](c2ccccc2)[C@H]1C(=O)N1CCSC1=S. The second-order valence-electron chi connectivity index (χ2n) is 7.22. The molecular formula is C22H23ClN2O2S2. The average molecular weight is 447 g/mol. The van der Waals surface area contributed by atoms with Crippen LogP contribution >= 0.6 is 35.6 Å². The zero-order valence-corrected chi connectivity index (χ0v) is 18.6. The Hall–Kier alpha value is -1.60. The molecule has 0 aliphatic carbocycles. The third-order valence-corrected chi connectivity index (χ3v) is 7.03. The molecule has 2 aromatic rings. The molecule has 2 fully saturated rings. The lowest BCUT2D eigenvalue weighted by molar-refractivity contribution is -0.133. The first-order valence-corrected chi connectivity index (χ1v) is 11.6. The number of carbonyl (C=O) groups excluding carboxylic acids is 1. The minimum Gasteiger partial charge on any atom is -0.297 e. The second kappa shape index (κ2) is 9.04. The van der Waals surface area contributed by atoms with Gasteiger partial charge in [0.05, 0.1) is 23.8 Å². The maximum Gasteiger partial charge on any atom is 0.236 e. The molecule has 0 N–H and O–H groups in total. The molecule has 0 aromatic heterocycles. The van der Waals surface area contributed by atoms with Crippen LogP contribution in [0.1, 0.15) is 31.4 Å². The zero-order chi connectivity index (χ0) is 20.4. The molecule has 1 amide bonds. The third kappa shape index (κ3) is 4.17. The van der Waals surface area contributed by atoms with E-state index >= 15 is 0 Å². The maximum atomic E-state index is 13.7. The van der Waals surface area contributed by atoms with Crippen LogP contribution in [-0.4, -0.2) is 33.5 Å². The molecule has 4 rings (SSSR count). The van der Waals surface area contributed by atoms with Crippen molar-refractivity contribution >= 4 is 51.5 Å². The van der Waals surface area contributed by atoms with E-state index in [1.165, 1.54) is 0 Å². The van der Waals surface area contributed by atoms with E-state index in [0.717, 1.165) is 29.8 Å². The van der Waals surface area contributed by atoms with Gasteiger partial charge in [0.25, 0.3) is 0 Å². The first-order chi connectivity index (χ1) is 14.1. The second-order valence-corrected chi connectivity index (χ2v) is 9.39. The normalized spacial score (nSPS) is 24.3. The van der Waals surface area contributed by atoms with Crippen molar-refractivity contribution in [1.82, 2.24) is 4.90 Å². The highest BCUT2D eigenvalue weighted by Crippen LogP contribution is 2.45. The Labute approximate surface area is 186 Å². The number of rotatable bonds is 5. The van der Waals surface area contributed by atoms with Gasteiger partial charge in [-0.3, -0.25) is 14.5 Å². The van der Waals surface area contributed by atoms with Gasteiger partial charge in [0.2, 0.25) is 5.91 Å². The molecule has 4 nitrogen and oxygen atoms in total. The quantitative estimate of drug-likeness (QED) is 0.568. The Kier molecular flexibility index (Phi) is 6.44. The zero-order valence-electron chi connectivity index (χ0n) is 16.2. The lowest BCUT2D eigenvalue weighted by Crippen LogP contribution is -2.42. The van der Waals surface area contributed by atoms with Crippen LogP contribution in [0, 0.1) is 5.92 Å². The van der Waals surface area contributed by atoms with Gasteiger partial charge in [-0.05, 0) is 36.2 Å². The molecule has 2 aromatic carbocycles. The Morgan fingerprint density at radius 1 is 1.21 bits per heavy atom. The van der Waals surface area contributed by atoms with Gasteiger partial charge >= 0.3 is 0 Å². The summed E-state index contributed by atoms with van der Waals surface area (Å²) >= 11 is 13.1. The van der Waals surface area contributed by atoms with Crippen LogP contribution < -0.4 is 5.06 Å². The van der Waals surface area contributed by atoms with E-state index in [9.17, 15) is 4.79 Å². The lowest BCUT2D eigenvalue weighted by atomic mass is 9.86. The minimum atomic E-state index is -0.329. The summed E-state index contributed by atoms with van der Waals surface area (Å²) in [7, 11) is 0. The fraction of sp³-hybridized carbons (Fsp3) is 0.364. The summed E-state index contributed by atoms with van der Waals surface area (Å²) < 4.78 is 0.669. The molecule has 152 valence electrons. The molecule has 0 radical (unpaired) electrons. The van der Waals surface area contributed by atoms with Crippen molar-refractivity contribution < 1.29 is 9.63 Å². The Balaban J connectivity index is 1.77. The topological polar surface area (TPSA) is 32.8 Å². The maximum absolute atomic E-state index is 13.7. The summed E-state index contributed by atoms with van der Waals surface area (Å²) in [6.45, 7) is 2.78. The highest BCUT2D eigenvalue weighted by atomic mass is 35.5. The van der Waals surface area contributed by atoms with Crippen LogP contribution in [0.4, 0.5) is 5.69 Å². The van der Waals surface area contributed by atoms with Gasteiger partial charge in [0.15, 0.2) is 0 Å². The van der Waals surface area contributed by atoms with Crippen molar-refractivity contribution in [2.75, 3.05) is 17.4 Å². The van der Waals surface area contributed by atoms with Crippen molar-refractivity contribution in [3.05, 3.63) is 65.2 Å². The summed E-state index contributed by atoms with van der Waals surface area (Å²) in [4.78, 5) is 21.8. The van der Waals surface area contributed by atoms with Crippen molar-refractivity contribution in [2.45, 2.75) is 31.9 Å². The van der Waals surface area contributed by atoms with E-state index in [-0.39, 0.29) is 24.0 Å². The number of hydroxylamine groups is 1. The van der Waals surface area contributed by atoms with E-state index in [0.29, 0.717) is 15.9 Å². The predicted octanol–water partition coefficient (Wildman–Crippen LogP) is 5.48. The third-order valence-electron chi connectivity index (χ3n) is 5.35. The minimum absolute atomic E-state index is 0.0590. The summed E-state index contributed by atoms with van der Waals surface area (Å²) in [5.41, 5.74) is 1.94. The van der Waals surface area contributed by atoms with Gasteiger partial charge < -0.3 is 0 Å². The van der Waals surface area contributed by atoms with Crippen LogP contribution in [-0.2, 0) is 9.63 Å². The van der Waals surface area contributed by atoms with Crippen LogP contribution in [0.3, 0.4) is 0 Å². The monoisotopic (exact) mass is 446 g/mol. The number of amides is 1. The number of anilines is 1. The van der Waals surface area contributed by atoms with Gasteiger partial charge in [-0.15, -0.1) is 0 Å². The van der Waals surface area contributed by atoms with Crippen molar-refractivity contribution in [3.8, 4) is 0 Å². The van der Waals surface area contributed by atoms with Gasteiger partial charge in [-0.25, -0.2) is 5.06 Å². The Morgan fingerprint density at radius 3 is 2.55 bits per heavy atom. The summed E-state index contributed by atoms with van der Waals surface area (Å²) in [6.07, 6.45) is 1.53. The highest BCUT2D eigenvalue weighted by Gasteiger charge is 2.50. The first kappa shape index (κ1) is 20.7. The summed E-state index contributed by atoms with van der Waals surface area (Å²) in [5, 5.41) is 2.56. The lowest BCUT2D eigenvalue weighted by Gasteiger charge is -2.29.